The van der Waals surface area contributed by atoms with E-state index in [4.69, 9.17) is 5.11 Å². The Morgan fingerprint density at radius 3 is 2.68 bits per heavy atom. The van der Waals surface area contributed by atoms with E-state index in [9.17, 15) is 4.39 Å². The van der Waals surface area contributed by atoms with Gasteiger partial charge in [-0.3, -0.25) is 0 Å². The first-order valence-electron chi connectivity index (χ1n) is 6.52. The van der Waals surface area contributed by atoms with Crippen LogP contribution in [0.25, 0.3) is 0 Å². The summed E-state index contributed by atoms with van der Waals surface area (Å²) < 4.78 is 13.2. The number of phenols is 1. The molecule has 5 heteroatoms. The molecule has 0 saturated heterocycles. The van der Waals surface area contributed by atoms with E-state index in [1.807, 2.05) is 6.92 Å². The molecule has 0 spiro atoms. The minimum absolute atomic E-state index is 0.336. The number of nitrogens with one attached hydrogen (secondary N) is 2. The van der Waals surface area contributed by atoms with Gasteiger partial charge in [0.1, 0.15) is 0 Å². The maximum absolute atomic E-state index is 13.2. The third-order valence-corrected chi connectivity index (χ3v) is 2.45. The Bertz CT molecular complexity index is 433. The van der Waals surface area contributed by atoms with Crippen LogP contribution in [0.5, 0.6) is 5.75 Å². The lowest BCUT2D eigenvalue weighted by Crippen LogP contribution is -2.39. The SMILES string of the molecule is CCNC(=NCc1ccc(O)c(F)c1)NCC(C)C. The van der Waals surface area contributed by atoms with Gasteiger partial charge in [0.25, 0.3) is 0 Å². The number of hydrogen-bond acceptors (Lipinski definition) is 2. The third-order valence-electron chi connectivity index (χ3n) is 2.45. The summed E-state index contributed by atoms with van der Waals surface area (Å²) in [5, 5.41) is 15.5. The molecule has 0 heterocycles. The molecule has 0 aliphatic heterocycles. The summed E-state index contributed by atoms with van der Waals surface area (Å²) in [5.74, 6) is 0.282. The van der Waals surface area contributed by atoms with E-state index in [1.165, 1.54) is 12.1 Å². The van der Waals surface area contributed by atoms with Gasteiger partial charge < -0.3 is 15.7 Å². The molecule has 0 bridgehead atoms. The monoisotopic (exact) mass is 267 g/mol. The second-order valence-electron chi connectivity index (χ2n) is 4.76. The van der Waals surface area contributed by atoms with Crippen LogP contribution >= 0.6 is 0 Å². The van der Waals surface area contributed by atoms with Crippen LogP contribution in [0, 0.1) is 11.7 Å². The molecule has 0 aromatic heterocycles. The van der Waals surface area contributed by atoms with Gasteiger partial charge in [0.15, 0.2) is 17.5 Å². The van der Waals surface area contributed by atoms with Crippen molar-refractivity contribution in [3.63, 3.8) is 0 Å². The second-order valence-corrected chi connectivity index (χ2v) is 4.76. The fraction of sp³-hybridized carbons (Fsp3) is 0.500. The first-order chi connectivity index (χ1) is 9.02. The molecule has 0 fully saturated rings. The maximum atomic E-state index is 13.2. The van der Waals surface area contributed by atoms with Crippen molar-refractivity contribution in [2.24, 2.45) is 10.9 Å². The van der Waals surface area contributed by atoms with Gasteiger partial charge in [-0.2, -0.15) is 0 Å². The quantitative estimate of drug-likeness (QED) is 0.566. The molecule has 0 saturated carbocycles. The van der Waals surface area contributed by atoms with Gasteiger partial charge in [0.2, 0.25) is 0 Å². The Morgan fingerprint density at radius 2 is 2.11 bits per heavy atom. The zero-order valence-corrected chi connectivity index (χ0v) is 11.7. The largest absolute Gasteiger partial charge is 0.505 e. The summed E-state index contributed by atoms with van der Waals surface area (Å²) in [7, 11) is 0. The minimum atomic E-state index is -0.618. The predicted molar refractivity (Wildman–Crippen MR) is 75.7 cm³/mol. The number of aliphatic imine (C=N–C) groups is 1. The van der Waals surface area contributed by atoms with Gasteiger partial charge in [-0.15, -0.1) is 0 Å². The van der Waals surface area contributed by atoms with Gasteiger partial charge in [-0.1, -0.05) is 19.9 Å². The van der Waals surface area contributed by atoms with Crippen LogP contribution in [0.1, 0.15) is 26.3 Å². The Balaban J connectivity index is 2.65. The molecule has 4 nitrogen and oxygen atoms in total. The van der Waals surface area contributed by atoms with Gasteiger partial charge in [0, 0.05) is 13.1 Å². The molecule has 0 amide bonds. The first kappa shape index (κ1) is 15.3. The maximum Gasteiger partial charge on any atom is 0.191 e. The van der Waals surface area contributed by atoms with Crippen LogP contribution in [-0.4, -0.2) is 24.2 Å². The van der Waals surface area contributed by atoms with Crippen molar-refractivity contribution in [3.8, 4) is 5.75 Å². The molecule has 0 radical (unpaired) electrons. The molecule has 1 aromatic carbocycles. The van der Waals surface area contributed by atoms with Crippen molar-refractivity contribution >= 4 is 5.96 Å². The number of aromatic hydroxyl groups is 1. The molecule has 1 rings (SSSR count). The van der Waals surface area contributed by atoms with Gasteiger partial charge >= 0.3 is 0 Å². The van der Waals surface area contributed by atoms with E-state index in [1.54, 1.807) is 6.07 Å². The van der Waals surface area contributed by atoms with E-state index in [0.29, 0.717) is 18.4 Å². The van der Waals surface area contributed by atoms with Crippen molar-refractivity contribution in [2.75, 3.05) is 13.1 Å². The fourth-order valence-electron chi connectivity index (χ4n) is 1.46. The molecular formula is C14H22FN3O. The zero-order chi connectivity index (χ0) is 14.3. The van der Waals surface area contributed by atoms with Crippen LogP contribution in [0.3, 0.4) is 0 Å². The third kappa shape index (κ3) is 5.59. The number of benzene rings is 1. The number of phenolic OH excluding ortho intramolecular Hbond substituents is 1. The van der Waals surface area contributed by atoms with E-state index >= 15 is 0 Å². The Morgan fingerprint density at radius 1 is 1.37 bits per heavy atom. The van der Waals surface area contributed by atoms with E-state index < -0.39 is 5.82 Å². The lowest BCUT2D eigenvalue weighted by Gasteiger charge is -2.13. The summed E-state index contributed by atoms with van der Waals surface area (Å²) in [6.07, 6.45) is 0. The summed E-state index contributed by atoms with van der Waals surface area (Å²) in [5.41, 5.74) is 0.719. The predicted octanol–water partition coefficient (Wildman–Crippen LogP) is 2.24. The zero-order valence-electron chi connectivity index (χ0n) is 11.7. The molecule has 19 heavy (non-hydrogen) atoms. The lowest BCUT2D eigenvalue weighted by atomic mass is 10.2. The van der Waals surface area contributed by atoms with E-state index in [2.05, 4.69) is 29.5 Å². The Kier molecular flexibility index (Phi) is 6.12. The smallest absolute Gasteiger partial charge is 0.191 e. The highest BCUT2D eigenvalue weighted by Crippen LogP contribution is 2.16. The van der Waals surface area contributed by atoms with Gasteiger partial charge in [-0.05, 0) is 30.5 Å². The number of guanidine groups is 1. The standard InChI is InChI=1S/C14H22FN3O/c1-4-16-14(17-8-10(2)3)18-9-11-5-6-13(19)12(15)7-11/h5-7,10,19H,4,8-9H2,1-3H3,(H2,16,17,18). The number of rotatable bonds is 5. The lowest BCUT2D eigenvalue weighted by molar-refractivity contribution is 0.432. The van der Waals surface area contributed by atoms with Gasteiger partial charge in [0.05, 0.1) is 6.54 Å². The van der Waals surface area contributed by atoms with Crippen LogP contribution < -0.4 is 10.6 Å². The molecular weight excluding hydrogens is 245 g/mol. The Labute approximate surface area is 113 Å². The molecule has 106 valence electrons. The number of halogens is 1. The summed E-state index contributed by atoms with van der Waals surface area (Å²) in [4.78, 5) is 4.37. The summed E-state index contributed by atoms with van der Waals surface area (Å²) >= 11 is 0. The summed E-state index contributed by atoms with van der Waals surface area (Å²) in [6, 6.07) is 4.30. The first-order valence-corrected chi connectivity index (χ1v) is 6.52. The number of nitrogens with zero attached hydrogens (tertiary/aromatic N) is 1. The second kappa shape index (κ2) is 7.61. The van der Waals surface area contributed by atoms with Crippen LogP contribution in [-0.2, 0) is 6.54 Å². The van der Waals surface area contributed by atoms with Gasteiger partial charge in [-0.25, -0.2) is 9.38 Å². The highest BCUT2D eigenvalue weighted by atomic mass is 19.1. The van der Waals surface area contributed by atoms with Crippen LogP contribution in [0.15, 0.2) is 23.2 Å². The Hall–Kier alpha value is -1.78. The number of hydrogen-bond donors (Lipinski definition) is 3. The average molecular weight is 267 g/mol. The van der Waals surface area contributed by atoms with Crippen molar-refractivity contribution in [3.05, 3.63) is 29.6 Å². The highest BCUT2D eigenvalue weighted by molar-refractivity contribution is 5.79. The average Bonchev–Trinajstić information content (AvgIpc) is 2.36. The molecule has 0 atom stereocenters. The highest BCUT2D eigenvalue weighted by Gasteiger charge is 2.02. The topological polar surface area (TPSA) is 56.7 Å². The van der Waals surface area contributed by atoms with Crippen LogP contribution in [0.4, 0.5) is 4.39 Å². The van der Waals surface area contributed by atoms with Crippen molar-refractivity contribution in [2.45, 2.75) is 27.3 Å². The van der Waals surface area contributed by atoms with Crippen LogP contribution in [0.2, 0.25) is 0 Å². The van der Waals surface area contributed by atoms with Crippen molar-refractivity contribution in [1.82, 2.24) is 10.6 Å². The fourth-order valence-corrected chi connectivity index (χ4v) is 1.46. The molecule has 3 N–H and O–H groups in total. The molecule has 0 aliphatic carbocycles. The molecule has 1 aromatic rings. The minimum Gasteiger partial charge on any atom is -0.505 e. The summed E-state index contributed by atoms with van der Waals surface area (Å²) in [6.45, 7) is 8.19. The van der Waals surface area contributed by atoms with E-state index in [-0.39, 0.29) is 5.75 Å². The molecule has 0 unspecified atom stereocenters. The molecule has 0 aliphatic rings. The van der Waals surface area contributed by atoms with E-state index in [0.717, 1.165) is 18.7 Å². The van der Waals surface area contributed by atoms with Crippen molar-refractivity contribution in [1.29, 1.82) is 0 Å². The normalized spacial score (nSPS) is 11.7. The van der Waals surface area contributed by atoms with Crippen molar-refractivity contribution < 1.29 is 9.50 Å².